The van der Waals surface area contributed by atoms with Gasteiger partial charge in [0, 0.05) is 18.6 Å². The van der Waals surface area contributed by atoms with E-state index in [0.29, 0.717) is 0 Å². The van der Waals surface area contributed by atoms with Crippen LogP contribution < -0.4 is 5.32 Å². The van der Waals surface area contributed by atoms with Gasteiger partial charge in [-0.05, 0) is 24.7 Å². The first-order valence-corrected chi connectivity index (χ1v) is 5.29. The maximum absolute atomic E-state index is 11.6. The third-order valence-corrected chi connectivity index (χ3v) is 2.90. The van der Waals surface area contributed by atoms with Gasteiger partial charge in [0.25, 0.3) is 0 Å². The summed E-state index contributed by atoms with van der Waals surface area (Å²) in [6.07, 6.45) is 3.09. The highest BCUT2D eigenvalue weighted by molar-refractivity contribution is 5.81. The van der Waals surface area contributed by atoms with Crippen molar-refractivity contribution >= 4 is 5.91 Å². The molecule has 0 saturated heterocycles. The second-order valence-corrected chi connectivity index (χ2v) is 5.41. The summed E-state index contributed by atoms with van der Waals surface area (Å²) in [6, 6.07) is 0. The Bertz CT molecular complexity index is 214. The zero-order chi connectivity index (χ0) is 10.8. The predicted molar refractivity (Wildman–Crippen MR) is 55.8 cm³/mol. The zero-order valence-electron chi connectivity index (χ0n) is 9.39. The van der Waals surface area contributed by atoms with Crippen LogP contribution in [0.15, 0.2) is 0 Å². The van der Waals surface area contributed by atoms with Gasteiger partial charge in [0.15, 0.2) is 0 Å². The van der Waals surface area contributed by atoms with Crippen LogP contribution >= 0.6 is 0 Å². The van der Waals surface area contributed by atoms with Gasteiger partial charge >= 0.3 is 0 Å². The monoisotopic (exact) mass is 199 g/mol. The molecule has 1 saturated carbocycles. The molecule has 0 atom stereocenters. The molecule has 1 amide bonds. The minimum absolute atomic E-state index is 0.0988. The van der Waals surface area contributed by atoms with E-state index in [1.54, 1.807) is 0 Å². The Morgan fingerprint density at radius 3 is 2.36 bits per heavy atom. The van der Waals surface area contributed by atoms with Crippen molar-refractivity contribution in [1.82, 2.24) is 5.32 Å². The molecule has 0 radical (unpaired) electrons. The molecule has 3 heteroatoms. The van der Waals surface area contributed by atoms with Crippen molar-refractivity contribution < 1.29 is 9.90 Å². The highest BCUT2D eigenvalue weighted by Gasteiger charge is 2.42. The summed E-state index contributed by atoms with van der Waals surface area (Å²) >= 11 is 0. The number of hydrogen-bond donors (Lipinski definition) is 2. The summed E-state index contributed by atoms with van der Waals surface area (Å²) < 4.78 is 0. The first kappa shape index (κ1) is 11.5. The molecule has 3 nitrogen and oxygen atoms in total. The van der Waals surface area contributed by atoms with Crippen LogP contribution in [-0.2, 0) is 4.79 Å². The fraction of sp³-hybridized carbons (Fsp3) is 0.909. The number of rotatable bonds is 4. The Balaban J connectivity index is 2.30. The van der Waals surface area contributed by atoms with Crippen molar-refractivity contribution in [3.05, 3.63) is 0 Å². The summed E-state index contributed by atoms with van der Waals surface area (Å²) in [5.74, 6) is 0.0988. The molecule has 2 N–H and O–H groups in total. The molecular weight excluding hydrogens is 178 g/mol. The van der Waals surface area contributed by atoms with Gasteiger partial charge in [-0.2, -0.15) is 0 Å². The fourth-order valence-corrected chi connectivity index (χ4v) is 1.46. The molecule has 1 rings (SSSR count). The second-order valence-electron chi connectivity index (χ2n) is 5.41. The summed E-state index contributed by atoms with van der Waals surface area (Å²) in [5.41, 5.74) is -0.0923. The van der Waals surface area contributed by atoms with Crippen molar-refractivity contribution in [2.45, 2.75) is 40.0 Å². The molecule has 0 bridgehead atoms. The largest absolute Gasteiger partial charge is 0.396 e. The number of aliphatic hydroxyl groups excluding tert-OH is 1. The van der Waals surface area contributed by atoms with E-state index in [-0.39, 0.29) is 23.3 Å². The highest BCUT2D eigenvalue weighted by atomic mass is 16.3. The molecule has 0 aromatic carbocycles. The van der Waals surface area contributed by atoms with Crippen molar-refractivity contribution in [3.8, 4) is 0 Å². The maximum atomic E-state index is 11.6. The molecular formula is C11H21NO2. The zero-order valence-corrected chi connectivity index (χ0v) is 9.39. The molecule has 1 aliphatic carbocycles. The summed E-state index contributed by atoms with van der Waals surface area (Å²) in [4.78, 5) is 11.6. The Kier molecular flexibility index (Phi) is 3.20. The number of aliphatic hydroxyl groups is 1. The van der Waals surface area contributed by atoms with E-state index in [1.165, 1.54) is 0 Å². The van der Waals surface area contributed by atoms with Crippen LogP contribution in [0.2, 0.25) is 0 Å². The fourth-order valence-electron chi connectivity index (χ4n) is 1.46. The van der Waals surface area contributed by atoms with Crippen molar-refractivity contribution in [2.75, 3.05) is 13.2 Å². The highest BCUT2D eigenvalue weighted by Crippen LogP contribution is 2.47. The number of carbonyl (C=O) groups is 1. The van der Waals surface area contributed by atoms with E-state index >= 15 is 0 Å². The standard InChI is InChI=1S/C11H21NO2/c1-10(2,3)9(14)12-8-11(4-5-11)6-7-13/h13H,4-8H2,1-3H3,(H,12,14). The molecule has 14 heavy (non-hydrogen) atoms. The topological polar surface area (TPSA) is 49.3 Å². The summed E-state index contributed by atoms with van der Waals surface area (Å²) in [7, 11) is 0. The van der Waals surface area contributed by atoms with Gasteiger partial charge in [-0.1, -0.05) is 20.8 Å². The van der Waals surface area contributed by atoms with Crippen LogP contribution in [0.25, 0.3) is 0 Å². The first-order chi connectivity index (χ1) is 6.40. The average Bonchev–Trinajstić information content (AvgIpc) is 2.80. The quantitative estimate of drug-likeness (QED) is 0.717. The van der Waals surface area contributed by atoms with Gasteiger partial charge in [0.05, 0.1) is 0 Å². The van der Waals surface area contributed by atoms with Gasteiger partial charge < -0.3 is 10.4 Å². The third kappa shape index (κ3) is 2.98. The van der Waals surface area contributed by atoms with E-state index in [2.05, 4.69) is 5.32 Å². The minimum atomic E-state index is -0.310. The van der Waals surface area contributed by atoms with Gasteiger partial charge in [0.1, 0.15) is 0 Å². The van der Waals surface area contributed by atoms with Crippen molar-refractivity contribution in [3.63, 3.8) is 0 Å². The van der Waals surface area contributed by atoms with Crippen LogP contribution in [0.4, 0.5) is 0 Å². The lowest BCUT2D eigenvalue weighted by Crippen LogP contribution is -2.38. The number of nitrogens with one attached hydrogen (secondary N) is 1. The Hall–Kier alpha value is -0.570. The van der Waals surface area contributed by atoms with Crippen LogP contribution in [-0.4, -0.2) is 24.2 Å². The Labute approximate surface area is 85.9 Å². The van der Waals surface area contributed by atoms with Gasteiger partial charge in [-0.3, -0.25) is 4.79 Å². The lowest BCUT2D eigenvalue weighted by molar-refractivity contribution is -0.128. The first-order valence-electron chi connectivity index (χ1n) is 5.29. The van der Waals surface area contributed by atoms with E-state index < -0.39 is 0 Å². The lowest BCUT2D eigenvalue weighted by atomic mass is 9.95. The van der Waals surface area contributed by atoms with Crippen molar-refractivity contribution in [1.29, 1.82) is 0 Å². The number of carbonyl (C=O) groups excluding carboxylic acids is 1. The van der Waals surface area contributed by atoms with E-state index in [4.69, 9.17) is 5.11 Å². The van der Waals surface area contributed by atoms with Gasteiger partial charge in [0.2, 0.25) is 5.91 Å². The van der Waals surface area contributed by atoms with Crippen LogP contribution in [0.5, 0.6) is 0 Å². The smallest absolute Gasteiger partial charge is 0.225 e. The number of amides is 1. The molecule has 1 aliphatic rings. The van der Waals surface area contributed by atoms with Crippen molar-refractivity contribution in [2.24, 2.45) is 10.8 Å². The number of hydrogen-bond acceptors (Lipinski definition) is 2. The normalized spacial score (nSPS) is 19.1. The van der Waals surface area contributed by atoms with Crippen LogP contribution in [0, 0.1) is 10.8 Å². The van der Waals surface area contributed by atoms with E-state index in [9.17, 15) is 4.79 Å². The molecule has 1 fully saturated rings. The lowest BCUT2D eigenvalue weighted by Gasteiger charge is -2.21. The van der Waals surface area contributed by atoms with Gasteiger partial charge in [-0.25, -0.2) is 0 Å². The Morgan fingerprint density at radius 1 is 1.43 bits per heavy atom. The maximum Gasteiger partial charge on any atom is 0.225 e. The predicted octanol–water partition coefficient (Wildman–Crippen LogP) is 1.31. The third-order valence-electron chi connectivity index (χ3n) is 2.90. The molecule has 0 aromatic heterocycles. The average molecular weight is 199 g/mol. The van der Waals surface area contributed by atoms with E-state index in [1.807, 2.05) is 20.8 Å². The molecule has 0 spiro atoms. The SMILES string of the molecule is CC(C)(C)C(=O)NCC1(CCO)CC1. The summed E-state index contributed by atoms with van der Waals surface area (Å²) in [6.45, 7) is 6.69. The van der Waals surface area contributed by atoms with Crippen LogP contribution in [0.1, 0.15) is 40.0 Å². The van der Waals surface area contributed by atoms with E-state index in [0.717, 1.165) is 25.8 Å². The van der Waals surface area contributed by atoms with Gasteiger partial charge in [-0.15, -0.1) is 0 Å². The summed E-state index contributed by atoms with van der Waals surface area (Å²) in [5, 5.41) is 11.8. The molecule has 0 unspecified atom stereocenters. The minimum Gasteiger partial charge on any atom is -0.396 e. The molecule has 82 valence electrons. The molecule has 0 heterocycles. The molecule has 0 aromatic rings. The van der Waals surface area contributed by atoms with Crippen LogP contribution in [0.3, 0.4) is 0 Å². The second kappa shape index (κ2) is 3.89. The Morgan fingerprint density at radius 2 is 2.00 bits per heavy atom. The molecule has 0 aliphatic heterocycles.